The first-order valence-corrected chi connectivity index (χ1v) is 20.1. The predicted molar refractivity (Wildman–Crippen MR) is 221 cm³/mol. The van der Waals surface area contributed by atoms with Crippen molar-refractivity contribution in [2.75, 3.05) is 65.4 Å². The summed E-state index contributed by atoms with van der Waals surface area (Å²) >= 11 is 0. The molecule has 7 fully saturated rings. The molecule has 7 aliphatic rings. The molecule has 12 nitrogen and oxygen atoms in total. The molecule has 5 N–H and O–H groups in total. The summed E-state index contributed by atoms with van der Waals surface area (Å²) in [6, 6.07) is 4.35. The van der Waals surface area contributed by atoms with E-state index in [1.54, 1.807) is 0 Å². The molecule has 0 aromatic rings. The molecule has 5 aliphatic heterocycles. The summed E-state index contributed by atoms with van der Waals surface area (Å²) in [6.07, 6.45) is 13.7. The molecule has 3 atom stereocenters. The molecule has 0 bridgehead atoms. The van der Waals surface area contributed by atoms with Crippen molar-refractivity contribution in [3.63, 3.8) is 0 Å². The van der Waals surface area contributed by atoms with Crippen LogP contribution in [0.5, 0.6) is 0 Å². The minimum atomic E-state index is -0.419. The highest BCUT2D eigenvalue weighted by Crippen LogP contribution is 2.32. The molecule has 5 heterocycles. The molecule has 7 rings (SSSR count). The summed E-state index contributed by atoms with van der Waals surface area (Å²) in [6.45, 7) is 22.8. The van der Waals surface area contributed by atoms with Crippen molar-refractivity contribution in [3.8, 4) is 0 Å². The lowest BCUT2D eigenvalue weighted by Crippen LogP contribution is -2.46. The van der Waals surface area contributed by atoms with Crippen molar-refractivity contribution in [1.29, 1.82) is 0 Å². The summed E-state index contributed by atoms with van der Waals surface area (Å²) in [5.74, 6) is 0. The van der Waals surface area contributed by atoms with Gasteiger partial charge < -0.3 is 41.0 Å². The first-order chi connectivity index (χ1) is 23.7. The van der Waals surface area contributed by atoms with E-state index in [-0.39, 0.29) is 61.5 Å². The molecule has 15 heteroatoms. The number of nitrogens with zero attached hydrogens (tertiary/aromatic N) is 4. The number of likely N-dealkylation sites (tertiary alicyclic amines) is 4. The van der Waals surface area contributed by atoms with E-state index in [2.05, 4.69) is 35.6 Å². The maximum atomic E-state index is 11.9. The maximum Gasteiger partial charge on any atom is 0.407 e. The number of hydrogen-bond acceptors (Lipinski definition) is 10. The van der Waals surface area contributed by atoms with Crippen molar-refractivity contribution in [1.82, 2.24) is 35.6 Å². The lowest BCUT2D eigenvalue weighted by Gasteiger charge is -2.36. The lowest BCUT2D eigenvalue weighted by molar-refractivity contribution is 0.0493. The zero-order valence-corrected chi connectivity index (χ0v) is 36.1. The third-order valence-corrected chi connectivity index (χ3v) is 11.1. The number of rotatable bonds is 6. The quantitative estimate of drug-likeness (QED) is 0.291. The second kappa shape index (κ2) is 22.2. The monoisotopic (exact) mass is 812 g/mol. The third kappa shape index (κ3) is 17.5. The number of carbonyl (C=O) groups excluding carboxylic acids is 2. The lowest BCUT2D eigenvalue weighted by atomic mass is 10.0. The maximum absolute atomic E-state index is 11.9. The summed E-state index contributed by atoms with van der Waals surface area (Å²) in [5.41, 5.74) is 5.14. The first-order valence-electron chi connectivity index (χ1n) is 20.1. The number of ether oxygens (including phenoxy) is 2. The van der Waals surface area contributed by atoms with Crippen LogP contribution in [0.4, 0.5) is 9.59 Å². The van der Waals surface area contributed by atoms with Crippen LogP contribution in [0.15, 0.2) is 0 Å². The molecule has 312 valence electrons. The van der Waals surface area contributed by atoms with E-state index < -0.39 is 11.2 Å². The third-order valence-electron chi connectivity index (χ3n) is 11.1. The number of hydrogen-bond donors (Lipinski definition) is 4. The molecule has 5 saturated heterocycles. The van der Waals surface area contributed by atoms with Gasteiger partial charge in [-0.2, -0.15) is 0 Å². The van der Waals surface area contributed by atoms with Gasteiger partial charge in [-0.3, -0.25) is 9.80 Å². The molecule has 2 saturated carbocycles. The van der Waals surface area contributed by atoms with Crippen molar-refractivity contribution in [2.24, 2.45) is 5.73 Å². The topological polar surface area (TPSA) is 128 Å². The molecular weight excluding hydrogens is 739 g/mol. The van der Waals surface area contributed by atoms with Gasteiger partial charge in [-0.05, 0) is 145 Å². The van der Waals surface area contributed by atoms with Crippen LogP contribution in [0.25, 0.3) is 0 Å². The number of nitrogens with two attached hydrogens (primary N) is 1. The Kier molecular flexibility index (Phi) is 20.2. The largest absolute Gasteiger partial charge is 0.444 e. The Labute approximate surface area is 339 Å². The average Bonchev–Trinajstić information content (AvgIpc) is 3.93. The number of piperidine rings is 2. The Bertz CT molecular complexity index is 1070. The number of alkyl carbamates (subject to hydrolysis) is 2. The van der Waals surface area contributed by atoms with Crippen LogP contribution in [-0.2, 0) is 9.47 Å². The normalized spacial score (nSPS) is 27.8. The van der Waals surface area contributed by atoms with E-state index in [1.165, 1.54) is 90.5 Å². The Balaban J connectivity index is 0.000000278. The molecular formula is C38H75Cl3N8O4. The molecule has 0 aromatic carbocycles. The first kappa shape index (κ1) is 48.3. The molecule has 2 amide bonds. The van der Waals surface area contributed by atoms with Crippen LogP contribution in [0.2, 0.25) is 0 Å². The molecule has 0 aromatic heterocycles. The second-order valence-electron chi connectivity index (χ2n) is 18.0. The Morgan fingerprint density at radius 1 is 0.547 bits per heavy atom. The van der Waals surface area contributed by atoms with Crippen molar-refractivity contribution < 1.29 is 19.1 Å². The van der Waals surface area contributed by atoms with E-state index >= 15 is 0 Å². The fourth-order valence-electron chi connectivity index (χ4n) is 8.22. The van der Waals surface area contributed by atoms with E-state index in [4.69, 9.17) is 15.2 Å². The van der Waals surface area contributed by atoms with Crippen LogP contribution in [-0.4, -0.2) is 151 Å². The summed E-state index contributed by atoms with van der Waals surface area (Å²) in [7, 11) is 0. The number of carbonyl (C=O) groups is 2. The Hall–Kier alpha value is -0.830. The average molecular weight is 814 g/mol. The van der Waals surface area contributed by atoms with Gasteiger partial charge in [-0.1, -0.05) is 0 Å². The fraction of sp³-hybridized carbons (Fsp3) is 0.947. The highest BCUT2D eigenvalue weighted by Gasteiger charge is 2.37. The SMILES string of the molecule is CC(C)(C)OC(=O)N[C@H]1CCN(C2CCN(C3CC3)CC2)C1.CC(C)(C)OC(=O)N[C@H]1CCNC1.Cl.Cl.Cl.N[C@H]1CCN(C2CCN(C3CC3)CC2)C1. The standard InChI is InChI=1S/C17H31N3O2.C12H23N3.C9H18N2O2.3ClH/c1-17(2,3)22-16(21)18-13-6-9-20(12-13)15-7-10-19(11-8-15)14-4-5-14;13-10-3-6-15(9-10)12-4-7-14(8-5-12)11-1-2-11;1-9(2,3)13-8(12)11-7-4-5-10-6-7;;;/h13-15H,4-12H2,1-3H3,(H,18,21);10-12H,1-9,13H2;7,10H,4-6H2,1-3H3,(H,11,12);3*1H/t13-;10-;7-;;;/m000.../s1. The summed E-state index contributed by atoms with van der Waals surface area (Å²) in [4.78, 5) is 33.7. The fourth-order valence-corrected chi connectivity index (χ4v) is 8.22. The van der Waals surface area contributed by atoms with Gasteiger partial charge >= 0.3 is 12.2 Å². The van der Waals surface area contributed by atoms with Gasteiger partial charge in [-0.25, -0.2) is 9.59 Å². The highest BCUT2D eigenvalue weighted by atomic mass is 35.5. The van der Waals surface area contributed by atoms with E-state index in [1.807, 2.05) is 41.5 Å². The molecule has 0 spiro atoms. The number of nitrogens with one attached hydrogen (secondary N) is 3. The molecule has 0 radical (unpaired) electrons. The van der Waals surface area contributed by atoms with Crippen LogP contribution in [0, 0.1) is 0 Å². The Morgan fingerprint density at radius 2 is 0.943 bits per heavy atom. The van der Waals surface area contributed by atoms with Crippen LogP contribution in [0.1, 0.15) is 112 Å². The smallest absolute Gasteiger partial charge is 0.407 e. The second-order valence-corrected chi connectivity index (χ2v) is 18.0. The van der Waals surface area contributed by atoms with Crippen LogP contribution >= 0.6 is 37.2 Å². The number of halogens is 3. The molecule has 53 heavy (non-hydrogen) atoms. The minimum absolute atomic E-state index is 0. The van der Waals surface area contributed by atoms with Crippen molar-refractivity contribution in [2.45, 2.75) is 166 Å². The summed E-state index contributed by atoms with van der Waals surface area (Å²) in [5, 5.41) is 9.01. The van der Waals surface area contributed by atoms with E-state index in [9.17, 15) is 9.59 Å². The Morgan fingerprint density at radius 3 is 1.32 bits per heavy atom. The van der Waals surface area contributed by atoms with Gasteiger partial charge in [-0.15, -0.1) is 37.2 Å². The zero-order valence-electron chi connectivity index (χ0n) is 33.6. The van der Waals surface area contributed by atoms with E-state index in [0.717, 1.165) is 63.7 Å². The predicted octanol–water partition coefficient (Wildman–Crippen LogP) is 5.00. The van der Waals surface area contributed by atoms with Crippen molar-refractivity contribution >= 4 is 49.4 Å². The zero-order chi connectivity index (χ0) is 35.9. The molecule has 0 unspecified atom stereocenters. The van der Waals surface area contributed by atoms with Gasteiger partial charge in [0.25, 0.3) is 0 Å². The van der Waals surface area contributed by atoms with Gasteiger partial charge in [0.15, 0.2) is 0 Å². The summed E-state index contributed by atoms with van der Waals surface area (Å²) < 4.78 is 10.5. The van der Waals surface area contributed by atoms with Gasteiger partial charge in [0.2, 0.25) is 0 Å². The van der Waals surface area contributed by atoms with Crippen LogP contribution < -0.4 is 21.7 Å². The minimum Gasteiger partial charge on any atom is -0.444 e. The number of amides is 2. The highest BCUT2D eigenvalue weighted by molar-refractivity contribution is 5.86. The van der Waals surface area contributed by atoms with Gasteiger partial charge in [0.05, 0.1) is 0 Å². The van der Waals surface area contributed by atoms with Crippen molar-refractivity contribution in [3.05, 3.63) is 0 Å². The van der Waals surface area contributed by atoms with E-state index in [0.29, 0.717) is 12.1 Å². The van der Waals surface area contributed by atoms with Crippen LogP contribution in [0.3, 0.4) is 0 Å². The van der Waals surface area contributed by atoms with Gasteiger partial charge in [0.1, 0.15) is 11.2 Å². The molecule has 2 aliphatic carbocycles. The van der Waals surface area contributed by atoms with Gasteiger partial charge in [0, 0.05) is 75.0 Å².